The van der Waals surface area contributed by atoms with Crippen molar-refractivity contribution in [2.24, 2.45) is 5.92 Å². The highest BCUT2D eigenvalue weighted by molar-refractivity contribution is 6.11. The van der Waals surface area contributed by atoms with E-state index < -0.39 is 29.6 Å². The third-order valence-electron chi connectivity index (χ3n) is 5.12. The molecule has 30 heavy (non-hydrogen) atoms. The van der Waals surface area contributed by atoms with Crippen molar-refractivity contribution < 1.29 is 29.0 Å². The smallest absolute Gasteiger partial charge is 0.337 e. The lowest BCUT2D eigenvalue weighted by atomic mass is 9.91. The number of carbonyl (C=O) groups is 3. The molecule has 2 saturated heterocycles. The molecular weight excluding hydrogens is 386 g/mol. The largest absolute Gasteiger partial charge is 0.465 e. The molecule has 2 rings (SSSR count). The molecule has 0 aromatic heterocycles. The van der Waals surface area contributed by atoms with E-state index in [-0.39, 0.29) is 12.2 Å². The molecule has 3 atom stereocenters. The Labute approximate surface area is 176 Å². The summed E-state index contributed by atoms with van der Waals surface area (Å²) in [4.78, 5) is 36.5. The monoisotopic (exact) mass is 415 g/mol. The molecule has 3 unspecified atom stereocenters. The van der Waals surface area contributed by atoms with Crippen LogP contribution in [0, 0.1) is 5.92 Å². The lowest BCUT2D eigenvalue weighted by Gasteiger charge is -2.21. The van der Waals surface area contributed by atoms with E-state index in [1.54, 1.807) is 38.2 Å². The molecule has 1 amide bonds. The minimum Gasteiger partial charge on any atom is -0.465 e. The van der Waals surface area contributed by atoms with E-state index in [9.17, 15) is 19.5 Å². The van der Waals surface area contributed by atoms with Crippen LogP contribution in [-0.4, -0.2) is 48.3 Å². The molecule has 2 heterocycles. The number of carbonyl (C=O) groups excluding carboxylic acids is 3. The van der Waals surface area contributed by atoms with Crippen LogP contribution in [0.2, 0.25) is 0 Å². The average Bonchev–Trinajstić information content (AvgIpc) is 3.16. The van der Waals surface area contributed by atoms with Crippen molar-refractivity contribution in [2.45, 2.75) is 45.9 Å². The Morgan fingerprint density at radius 2 is 1.93 bits per heavy atom. The van der Waals surface area contributed by atoms with Gasteiger partial charge in [-0.05, 0) is 39.3 Å². The van der Waals surface area contributed by atoms with Crippen LogP contribution in [0.4, 0.5) is 0 Å². The second kappa shape index (κ2) is 9.82. The predicted molar refractivity (Wildman–Crippen MR) is 112 cm³/mol. The van der Waals surface area contributed by atoms with Gasteiger partial charge in [0.1, 0.15) is 12.0 Å². The zero-order valence-corrected chi connectivity index (χ0v) is 18.0. The topological polar surface area (TPSA) is 102 Å². The standard InChI is InChI=1S/C23H29NO6/c1-6-17(22(27)29-5)13-15(3)12-14(2)8-7-9-16(4)19(25)18-20-23(28,10-11-30-20)24-21(18)26/h6-9,12-13,18,20,28H,10-11H2,1-5H3,(H,24,26). The van der Waals surface area contributed by atoms with Gasteiger partial charge in [0.15, 0.2) is 11.5 Å². The Hall–Kier alpha value is -2.77. The number of nitrogens with one attached hydrogen (secondary N) is 1. The summed E-state index contributed by atoms with van der Waals surface area (Å²) in [5.74, 6) is -2.31. The van der Waals surface area contributed by atoms with E-state index in [0.29, 0.717) is 17.8 Å². The highest BCUT2D eigenvalue weighted by atomic mass is 16.5. The second-order valence-corrected chi connectivity index (χ2v) is 7.52. The molecule has 0 aromatic carbocycles. The number of aliphatic hydroxyl groups is 1. The van der Waals surface area contributed by atoms with E-state index in [1.165, 1.54) is 7.11 Å². The van der Waals surface area contributed by atoms with Gasteiger partial charge < -0.3 is 19.9 Å². The first-order valence-electron chi connectivity index (χ1n) is 9.79. The quantitative estimate of drug-likeness (QED) is 0.286. The molecule has 0 radical (unpaired) electrons. The van der Waals surface area contributed by atoms with E-state index >= 15 is 0 Å². The summed E-state index contributed by atoms with van der Waals surface area (Å²) in [5, 5.41) is 12.9. The lowest BCUT2D eigenvalue weighted by Crippen LogP contribution is -2.45. The molecule has 2 aliphatic rings. The molecule has 0 aromatic rings. The van der Waals surface area contributed by atoms with Crippen LogP contribution in [-0.2, 0) is 23.9 Å². The summed E-state index contributed by atoms with van der Waals surface area (Å²) >= 11 is 0. The number of ether oxygens (including phenoxy) is 2. The number of fused-ring (bicyclic) bond motifs is 1. The summed E-state index contributed by atoms with van der Waals surface area (Å²) in [6, 6.07) is 0. The molecule has 0 spiro atoms. The third-order valence-corrected chi connectivity index (χ3v) is 5.12. The fourth-order valence-corrected chi connectivity index (χ4v) is 3.56. The Bertz CT molecular complexity index is 876. The van der Waals surface area contributed by atoms with Crippen LogP contribution in [0.15, 0.2) is 58.7 Å². The van der Waals surface area contributed by atoms with Gasteiger partial charge >= 0.3 is 5.97 Å². The van der Waals surface area contributed by atoms with Gasteiger partial charge in [-0.25, -0.2) is 4.79 Å². The van der Waals surface area contributed by atoms with E-state index in [1.807, 2.05) is 26.0 Å². The number of hydrogen-bond donors (Lipinski definition) is 2. The molecule has 7 nitrogen and oxygen atoms in total. The zero-order valence-electron chi connectivity index (χ0n) is 18.0. The Morgan fingerprint density at radius 1 is 1.23 bits per heavy atom. The maximum Gasteiger partial charge on any atom is 0.337 e. The number of hydrogen-bond acceptors (Lipinski definition) is 6. The molecule has 2 N–H and O–H groups in total. The van der Waals surface area contributed by atoms with Crippen LogP contribution in [0.3, 0.4) is 0 Å². The minimum absolute atomic E-state index is 0.275. The summed E-state index contributed by atoms with van der Waals surface area (Å²) in [7, 11) is 1.34. The van der Waals surface area contributed by atoms with Crippen molar-refractivity contribution >= 4 is 17.7 Å². The maximum absolute atomic E-state index is 12.7. The zero-order chi connectivity index (χ0) is 22.5. The summed E-state index contributed by atoms with van der Waals surface area (Å²) in [5.41, 5.74) is 1.19. The maximum atomic E-state index is 12.7. The van der Waals surface area contributed by atoms with Crippen LogP contribution in [0.25, 0.3) is 0 Å². The molecule has 0 aliphatic carbocycles. The second-order valence-electron chi connectivity index (χ2n) is 7.52. The first kappa shape index (κ1) is 23.5. The molecule has 2 fully saturated rings. The van der Waals surface area contributed by atoms with Crippen LogP contribution in [0.1, 0.15) is 34.1 Å². The first-order chi connectivity index (χ1) is 14.1. The number of ketones is 1. The SMILES string of the molecule is CC=C(C=C(C)C=C(C)C=CC=C(C)C(=O)C1C(=O)NC2(O)CCOC12)C(=O)OC. The normalized spacial score (nSPS) is 28.0. The number of allylic oxidation sites excluding steroid dienone is 8. The average molecular weight is 415 g/mol. The van der Waals surface area contributed by atoms with Gasteiger partial charge in [-0.2, -0.15) is 0 Å². The van der Waals surface area contributed by atoms with Crippen LogP contribution >= 0.6 is 0 Å². The van der Waals surface area contributed by atoms with Gasteiger partial charge in [0.25, 0.3) is 0 Å². The van der Waals surface area contributed by atoms with Gasteiger partial charge in [-0.3, -0.25) is 9.59 Å². The summed E-state index contributed by atoms with van der Waals surface area (Å²) < 4.78 is 10.2. The van der Waals surface area contributed by atoms with Crippen molar-refractivity contribution in [3.63, 3.8) is 0 Å². The number of Topliss-reactive ketones (excluding diaryl/α,β-unsaturated/α-hetero) is 1. The molecule has 2 aliphatic heterocycles. The Morgan fingerprint density at radius 3 is 2.57 bits per heavy atom. The fraction of sp³-hybridized carbons (Fsp3) is 0.435. The van der Waals surface area contributed by atoms with Crippen LogP contribution in [0.5, 0.6) is 0 Å². The summed E-state index contributed by atoms with van der Waals surface area (Å²) in [6.45, 7) is 7.46. The number of methoxy groups -OCH3 is 1. The highest BCUT2D eigenvalue weighted by Crippen LogP contribution is 2.36. The minimum atomic E-state index is -1.45. The van der Waals surface area contributed by atoms with Gasteiger partial charge in [-0.1, -0.05) is 41.5 Å². The molecule has 162 valence electrons. The molecular formula is C23H29NO6. The molecule has 7 heteroatoms. The van der Waals surface area contributed by atoms with E-state index in [4.69, 9.17) is 9.47 Å². The highest BCUT2D eigenvalue weighted by Gasteiger charge is 2.58. The Balaban J connectivity index is 2.07. The molecule has 0 saturated carbocycles. The Kier molecular flexibility index (Phi) is 7.70. The van der Waals surface area contributed by atoms with E-state index in [0.717, 1.165) is 11.1 Å². The van der Waals surface area contributed by atoms with Crippen LogP contribution < -0.4 is 5.32 Å². The van der Waals surface area contributed by atoms with Gasteiger partial charge in [0.2, 0.25) is 5.91 Å². The van der Waals surface area contributed by atoms with Crippen molar-refractivity contribution in [1.82, 2.24) is 5.32 Å². The van der Waals surface area contributed by atoms with Gasteiger partial charge in [-0.15, -0.1) is 0 Å². The predicted octanol–water partition coefficient (Wildman–Crippen LogP) is 2.29. The number of esters is 1. The summed E-state index contributed by atoms with van der Waals surface area (Å²) in [6.07, 6.45) is 9.90. The molecule has 0 bridgehead atoms. The number of amides is 1. The van der Waals surface area contributed by atoms with E-state index in [2.05, 4.69) is 5.32 Å². The van der Waals surface area contributed by atoms with Crippen molar-refractivity contribution in [1.29, 1.82) is 0 Å². The third kappa shape index (κ3) is 5.23. The van der Waals surface area contributed by atoms with Crippen molar-refractivity contribution in [2.75, 3.05) is 13.7 Å². The van der Waals surface area contributed by atoms with Gasteiger partial charge in [0, 0.05) is 6.42 Å². The fourth-order valence-electron chi connectivity index (χ4n) is 3.56. The van der Waals surface area contributed by atoms with Crippen molar-refractivity contribution in [3.05, 3.63) is 58.7 Å². The van der Waals surface area contributed by atoms with Crippen molar-refractivity contribution in [3.8, 4) is 0 Å². The number of rotatable bonds is 7. The first-order valence-corrected chi connectivity index (χ1v) is 9.79. The lowest BCUT2D eigenvalue weighted by molar-refractivity contribution is -0.136. The van der Waals surface area contributed by atoms with Gasteiger partial charge in [0.05, 0.1) is 19.3 Å².